The summed E-state index contributed by atoms with van der Waals surface area (Å²) in [7, 11) is 2.01. The molecule has 0 fully saturated rings. The monoisotopic (exact) mass is 304 g/mol. The first-order chi connectivity index (χ1) is 10.0. The van der Waals surface area contributed by atoms with E-state index in [-0.39, 0.29) is 0 Å². The van der Waals surface area contributed by atoms with Crippen molar-refractivity contribution in [2.45, 2.75) is 33.2 Å². The van der Waals surface area contributed by atoms with E-state index in [1.807, 2.05) is 38.2 Å². The highest BCUT2D eigenvalue weighted by Gasteiger charge is 2.12. The van der Waals surface area contributed by atoms with Gasteiger partial charge in [0.25, 0.3) is 0 Å². The molecule has 21 heavy (non-hydrogen) atoms. The van der Waals surface area contributed by atoms with E-state index in [2.05, 4.69) is 21.8 Å². The molecule has 5 heteroatoms. The molecule has 0 saturated carbocycles. The van der Waals surface area contributed by atoms with Crippen LogP contribution >= 0.6 is 11.6 Å². The molecule has 0 saturated heterocycles. The zero-order valence-electron chi connectivity index (χ0n) is 12.7. The van der Waals surface area contributed by atoms with Gasteiger partial charge in [0, 0.05) is 30.6 Å². The van der Waals surface area contributed by atoms with Crippen LogP contribution in [0.3, 0.4) is 0 Å². The minimum atomic E-state index is 0.561. The summed E-state index contributed by atoms with van der Waals surface area (Å²) in [5.41, 5.74) is 8.11. The highest BCUT2D eigenvalue weighted by Crippen LogP contribution is 2.23. The average Bonchev–Trinajstić information content (AvgIpc) is 2.45. The van der Waals surface area contributed by atoms with Crippen molar-refractivity contribution in [3.63, 3.8) is 0 Å². The zero-order valence-corrected chi connectivity index (χ0v) is 13.5. The number of aryl methyl sites for hydroxylation is 1. The maximum Gasteiger partial charge on any atom is 0.137 e. The summed E-state index contributed by atoms with van der Waals surface area (Å²) in [6.45, 7) is 4.81. The van der Waals surface area contributed by atoms with Crippen LogP contribution in [0, 0.1) is 6.92 Å². The number of rotatable bonds is 5. The Labute approximate surface area is 131 Å². The van der Waals surface area contributed by atoms with Crippen molar-refractivity contribution in [1.29, 1.82) is 0 Å². The van der Waals surface area contributed by atoms with E-state index in [0.29, 0.717) is 5.82 Å². The lowest BCUT2D eigenvalue weighted by atomic mass is 10.2. The number of aromatic nitrogens is 2. The molecule has 0 atom stereocenters. The molecule has 2 N–H and O–H groups in total. The Morgan fingerprint density at radius 1 is 1.19 bits per heavy atom. The van der Waals surface area contributed by atoms with Gasteiger partial charge in [-0.25, -0.2) is 9.97 Å². The molecule has 0 radical (unpaired) electrons. The van der Waals surface area contributed by atoms with Crippen LogP contribution in [-0.4, -0.2) is 17.0 Å². The first-order valence-electron chi connectivity index (χ1n) is 7.09. The summed E-state index contributed by atoms with van der Waals surface area (Å²) in [4.78, 5) is 11.1. The van der Waals surface area contributed by atoms with Gasteiger partial charge in [0.05, 0.1) is 0 Å². The number of nitrogens with zero attached hydrogens (tertiary/aromatic N) is 3. The average molecular weight is 305 g/mol. The molecule has 0 amide bonds. The molecule has 0 spiro atoms. The topological polar surface area (TPSA) is 55.0 Å². The maximum absolute atomic E-state index is 6.01. The second kappa shape index (κ2) is 6.76. The number of hydrogen-bond acceptors (Lipinski definition) is 4. The zero-order chi connectivity index (χ0) is 15.4. The summed E-state index contributed by atoms with van der Waals surface area (Å²) in [6, 6.07) is 7.83. The predicted octanol–water partition coefficient (Wildman–Crippen LogP) is 3.61. The molecular formula is C16H21ClN4. The normalized spacial score (nSPS) is 10.7. The van der Waals surface area contributed by atoms with Crippen molar-refractivity contribution in [3.8, 4) is 0 Å². The molecular weight excluding hydrogens is 284 g/mol. The van der Waals surface area contributed by atoms with Gasteiger partial charge in [0.2, 0.25) is 0 Å². The van der Waals surface area contributed by atoms with E-state index < -0.39 is 0 Å². The first-order valence-corrected chi connectivity index (χ1v) is 7.47. The lowest BCUT2D eigenvalue weighted by molar-refractivity contribution is 0.809. The smallest absolute Gasteiger partial charge is 0.137 e. The molecule has 112 valence electrons. The molecule has 1 aromatic heterocycles. The first kappa shape index (κ1) is 15.6. The Balaban J connectivity index is 2.25. The van der Waals surface area contributed by atoms with Crippen molar-refractivity contribution in [3.05, 3.63) is 46.2 Å². The van der Waals surface area contributed by atoms with E-state index >= 15 is 0 Å². The number of benzene rings is 1. The summed E-state index contributed by atoms with van der Waals surface area (Å²) in [5, 5.41) is 0.745. The third kappa shape index (κ3) is 3.85. The van der Waals surface area contributed by atoms with Crippen LogP contribution in [0.5, 0.6) is 0 Å². The Kier molecular flexibility index (Phi) is 5.02. The lowest BCUT2D eigenvalue weighted by Crippen LogP contribution is -2.21. The number of anilines is 2. The van der Waals surface area contributed by atoms with E-state index in [4.69, 9.17) is 17.3 Å². The predicted molar refractivity (Wildman–Crippen MR) is 88.7 cm³/mol. The van der Waals surface area contributed by atoms with Gasteiger partial charge in [0.1, 0.15) is 17.5 Å². The van der Waals surface area contributed by atoms with Crippen molar-refractivity contribution in [2.24, 2.45) is 0 Å². The summed E-state index contributed by atoms with van der Waals surface area (Å²) < 4.78 is 0. The van der Waals surface area contributed by atoms with Crippen LogP contribution in [0.25, 0.3) is 0 Å². The van der Waals surface area contributed by atoms with Crippen LogP contribution in [0.4, 0.5) is 11.6 Å². The number of nitrogen functional groups attached to an aromatic ring is 1. The molecule has 0 aliphatic heterocycles. The second-order valence-electron chi connectivity index (χ2n) is 5.21. The van der Waals surface area contributed by atoms with Crippen LogP contribution < -0.4 is 10.6 Å². The Bertz CT molecular complexity index is 610. The summed E-state index contributed by atoms with van der Waals surface area (Å²) >= 11 is 5.92. The molecule has 0 aliphatic rings. The van der Waals surface area contributed by atoms with Gasteiger partial charge in [-0.05, 0) is 31.0 Å². The number of halogens is 1. The third-order valence-electron chi connectivity index (χ3n) is 3.37. The van der Waals surface area contributed by atoms with Crippen LogP contribution in [0.1, 0.15) is 30.3 Å². The maximum atomic E-state index is 6.01. The van der Waals surface area contributed by atoms with Crippen LogP contribution in [-0.2, 0) is 13.0 Å². The number of nitrogens with two attached hydrogens (primary N) is 1. The minimum Gasteiger partial charge on any atom is -0.383 e. The summed E-state index contributed by atoms with van der Waals surface area (Å²) in [5.74, 6) is 2.26. The SMILES string of the molecule is CCCc1nc(N)c(C)c(N(C)Cc2ccc(Cl)cc2)n1. The Morgan fingerprint density at radius 2 is 1.86 bits per heavy atom. The van der Waals surface area contributed by atoms with Gasteiger partial charge in [-0.15, -0.1) is 0 Å². The van der Waals surface area contributed by atoms with Crippen LogP contribution in [0.15, 0.2) is 24.3 Å². The van der Waals surface area contributed by atoms with Gasteiger partial charge < -0.3 is 10.6 Å². The van der Waals surface area contributed by atoms with Gasteiger partial charge in [-0.2, -0.15) is 0 Å². The Morgan fingerprint density at radius 3 is 2.48 bits per heavy atom. The third-order valence-corrected chi connectivity index (χ3v) is 3.62. The molecule has 1 heterocycles. The van der Waals surface area contributed by atoms with Crippen molar-refractivity contribution >= 4 is 23.2 Å². The van der Waals surface area contributed by atoms with Crippen molar-refractivity contribution in [1.82, 2.24) is 9.97 Å². The number of hydrogen-bond donors (Lipinski definition) is 1. The lowest BCUT2D eigenvalue weighted by Gasteiger charge is -2.21. The fourth-order valence-corrected chi connectivity index (χ4v) is 2.34. The highest BCUT2D eigenvalue weighted by molar-refractivity contribution is 6.30. The largest absolute Gasteiger partial charge is 0.383 e. The van der Waals surface area contributed by atoms with Gasteiger partial charge in [0.15, 0.2) is 0 Å². The van der Waals surface area contributed by atoms with Gasteiger partial charge in [-0.3, -0.25) is 0 Å². The highest BCUT2D eigenvalue weighted by atomic mass is 35.5. The standard InChI is InChI=1S/C16H21ClN4/c1-4-5-14-19-15(18)11(2)16(20-14)21(3)10-12-6-8-13(17)9-7-12/h6-9H,4-5,10H2,1-3H3,(H2,18,19,20). The van der Waals surface area contributed by atoms with E-state index in [0.717, 1.165) is 41.6 Å². The molecule has 0 aliphatic carbocycles. The molecule has 0 unspecified atom stereocenters. The van der Waals surface area contributed by atoms with Gasteiger partial charge >= 0.3 is 0 Å². The molecule has 1 aromatic carbocycles. The molecule has 4 nitrogen and oxygen atoms in total. The molecule has 2 aromatic rings. The van der Waals surface area contributed by atoms with Crippen LogP contribution in [0.2, 0.25) is 5.02 Å². The van der Waals surface area contributed by atoms with E-state index in [9.17, 15) is 0 Å². The van der Waals surface area contributed by atoms with E-state index in [1.165, 1.54) is 5.56 Å². The van der Waals surface area contributed by atoms with Crippen molar-refractivity contribution < 1.29 is 0 Å². The quantitative estimate of drug-likeness (QED) is 0.917. The van der Waals surface area contributed by atoms with Crippen molar-refractivity contribution in [2.75, 3.05) is 17.7 Å². The Hall–Kier alpha value is -1.81. The summed E-state index contributed by atoms with van der Waals surface area (Å²) in [6.07, 6.45) is 1.84. The molecule has 2 rings (SSSR count). The molecule has 0 bridgehead atoms. The fraction of sp³-hybridized carbons (Fsp3) is 0.375. The van der Waals surface area contributed by atoms with E-state index in [1.54, 1.807) is 0 Å². The minimum absolute atomic E-state index is 0.561. The van der Waals surface area contributed by atoms with Gasteiger partial charge in [-0.1, -0.05) is 30.7 Å². The second-order valence-corrected chi connectivity index (χ2v) is 5.64. The fourth-order valence-electron chi connectivity index (χ4n) is 2.21.